The van der Waals surface area contributed by atoms with Crippen molar-refractivity contribution in [1.29, 1.82) is 5.26 Å². The topological polar surface area (TPSA) is 36.7 Å². The minimum atomic E-state index is -2.72. The molecule has 0 unspecified atom stereocenters. The van der Waals surface area contributed by atoms with E-state index in [0.717, 1.165) is 6.07 Å². The average Bonchev–Trinajstić information content (AvgIpc) is 2.20. The Morgan fingerprint density at radius 3 is 2.67 bits per heavy atom. The van der Waals surface area contributed by atoms with Crippen LogP contribution in [-0.4, -0.2) is 4.98 Å². The van der Waals surface area contributed by atoms with Gasteiger partial charge in [-0.25, -0.2) is 13.8 Å². The largest absolute Gasteiger partial charge is 0.265 e. The molecule has 0 aliphatic heterocycles. The molecule has 1 rings (SSSR count). The maximum Gasteiger partial charge on any atom is 0.265 e. The second kappa shape index (κ2) is 5.12. The first kappa shape index (κ1) is 12.0. The number of aromatic nitrogens is 1. The first-order valence-electron chi connectivity index (χ1n) is 3.99. The summed E-state index contributed by atoms with van der Waals surface area (Å²) in [6, 6.07) is 2.68. The van der Waals surface area contributed by atoms with Crippen LogP contribution in [0.15, 0.2) is 6.07 Å². The molecular formula is C9H6BrF3N2. The van der Waals surface area contributed by atoms with Gasteiger partial charge in [0.25, 0.3) is 6.43 Å². The predicted octanol–water partition coefficient (Wildman–Crippen LogP) is 3.12. The summed E-state index contributed by atoms with van der Waals surface area (Å²) in [6.07, 6.45) is -2.98. The molecular weight excluding hydrogens is 273 g/mol. The lowest BCUT2D eigenvalue weighted by Crippen LogP contribution is -2.03. The fourth-order valence-electron chi connectivity index (χ4n) is 1.09. The van der Waals surface area contributed by atoms with Gasteiger partial charge in [0.2, 0.25) is 5.95 Å². The van der Waals surface area contributed by atoms with Crippen molar-refractivity contribution in [3.05, 3.63) is 28.8 Å². The van der Waals surface area contributed by atoms with Crippen molar-refractivity contribution in [1.82, 2.24) is 4.98 Å². The Morgan fingerprint density at radius 2 is 2.20 bits per heavy atom. The molecule has 1 aromatic rings. The van der Waals surface area contributed by atoms with Crippen LogP contribution in [0.4, 0.5) is 13.2 Å². The van der Waals surface area contributed by atoms with E-state index in [2.05, 4.69) is 20.9 Å². The summed E-state index contributed by atoms with van der Waals surface area (Å²) < 4.78 is 38.1. The SMILES string of the molecule is N#CCc1cc(C(F)F)c(CBr)nc1F. The summed E-state index contributed by atoms with van der Waals surface area (Å²) in [5, 5.41) is 8.41. The molecule has 0 bridgehead atoms. The standard InChI is InChI=1S/C9H6BrF3N2/c10-4-7-6(8(11)12)3-5(1-2-14)9(13)15-7/h3,8H,1,4H2. The van der Waals surface area contributed by atoms with Crippen LogP contribution >= 0.6 is 15.9 Å². The van der Waals surface area contributed by atoms with E-state index in [1.54, 1.807) is 6.07 Å². The van der Waals surface area contributed by atoms with E-state index in [1.165, 1.54) is 0 Å². The highest BCUT2D eigenvalue weighted by Gasteiger charge is 2.17. The van der Waals surface area contributed by atoms with E-state index in [9.17, 15) is 13.2 Å². The van der Waals surface area contributed by atoms with Crippen LogP contribution in [0.3, 0.4) is 0 Å². The zero-order valence-electron chi connectivity index (χ0n) is 7.48. The lowest BCUT2D eigenvalue weighted by atomic mass is 10.1. The summed E-state index contributed by atoms with van der Waals surface area (Å²) in [5.74, 6) is -0.865. The van der Waals surface area contributed by atoms with Crippen molar-refractivity contribution in [2.75, 3.05) is 0 Å². The zero-order chi connectivity index (χ0) is 11.4. The molecule has 1 heterocycles. The highest BCUT2D eigenvalue weighted by molar-refractivity contribution is 9.08. The van der Waals surface area contributed by atoms with Gasteiger partial charge in [-0.15, -0.1) is 0 Å². The molecule has 0 saturated carbocycles. The fraction of sp³-hybridized carbons (Fsp3) is 0.333. The maximum atomic E-state index is 13.1. The number of nitrogens with zero attached hydrogens (tertiary/aromatic N) is 2. The summed E-state index contributed by atoms with van der Waals surface area (Å²) >= 11 is 2.95. The number of rotatable bonds is 3. The van der Waals surface area contributed by atoms with Crippen molar-refractivity contribution in [3.8, 4) is 6.07 Å². The van der Waals surface area contributed by atoms with Crippen molar-refractivity contribution in [2.24, 2.45) is 0 Å². The van der Waals surface area contributed by atoms with Gasteiger partial charge in [0.15, 0.2) is 0 Å². The lowest BCUT2D eigenvalue weighted by Gasteiger charge is -2.07. The molecule has 15 heavy (non-hydrogen) atoms. The molecule has 0 aromatic carbocycles. The van der Waals surface area contributed by atoms with Gasteiger partial charge in [-0.2, -0.15) is 9.65 Å². The molecule has 1 aromatic heterocycles. The molecule has 0 saturated heterocycles. The smallest absolute Gasteiger partial charge is 0.223 e. The maximum absolute atomic E-state index is 13.1. The number of pyridine rings is 1. The van der Waals surface area contributed by atoms with Gasteiger partial charge < -0.3 is 0 Å². The van der Waals surface area contributed by atoms with Crippen molar-refractivity contribution in [3.63, 3.8) is 0 Å². The van der Waals surface area contributed by atoms with Gasteiger partial charge in [0.05, 0.1) is 18.2 Å². The number of nitriles is 1. The van der Waals surface area contributed by atoms with E-state index < -0.39 is 12.4 Å². The minimum absolute atomic E-state index is 0.0378. The van der Waals surface area contributed by atoms with E-state index in [-0.39, 0.29) is 28.6 Å². The van der Waals surface area contributed by atoms with Crippen LogP contribution in [0.25, 0.3) is 0 Å². The van der Waals surface area contributed by atoms with Crippen molar-refractivity contribution < 1.29 is 13.2 Å². The molecule has 0 radical (unpaired) electrons. The summed E-state index contributed by atoms with van der Waals surface area (Å²) in [7, 11) is 0. The molecule has 6 heteroatoms. The minimum Gasteiger partial charge on any atom is -0.223 e. The Labute approximate surface area is 92.9 Å². The van der Waals surface area contributed by atoms with Crippen LogP contribution < -0.4 is 0 Å². The normalized spacial score (nSPS) is 10.4. The third-order valence-corrected chi connectivity index (χ3v) is 2.32. The van der Waals surface area contributed by atoms with Gasteiger partial charge in [-0.3, -0.25) is 0 Å². The Morgan fingerprint density at radius 1 is 1.53 bits per heavy atom. The fourth-order valence-corrected chi connectivity index (χ4v) is 1.54. The van der Waals surface area contributed by atoms with Gasteiger partial charge in [-0.05, 0) is 6.07 Å². The Balaban J connectivity index is 3.25. The predicted molar refractivity (Wildman–Crippen MR) is 51.1 cm³/mol. The van der Waals surface area contributed by atoms with Gasteiger partial charge in [0, 0.05) is 16.5 Å². The second-order valence-electron chi connectivity index (χ2n) is 2.74. The molecule has 0 spiro atoms. The summed E-state index contributed by atoms with van der Waals surface area (Å²) in [6.45, 7) is 0. The van der Waals surface area contributed by atoms with Crippen molar-refractivity contribution >= 4 is 15.9 Å². The van der Waals surface area contributed by atoms with E-state index in [1.807, 2.05) is 0 Å². The van der Waals surface area contributed by atoms with Crippen LogP contribution in [0, 0.1) is 17.3 Å². The number of hydrogen-bond acceptors (Lipinski definition) is 2. The number of hydrogen-bond donors (Lipinski definition) is 0. The first-order chi connectivity index (χ1) is 7.10. The monoisotopic (exact) mass is 278 g/mol. The van der Waals surface area contributed by atoms with E-state index in [0.29, 0.717) is 0 Å². The van der Waals surface area contributed by atoms with E-state index in [4.69, 9.17) is 5.26 Å². The molecule has 0 fully saturated rings. The molecule has 0 aliphatic rings. The Bertz CT molecular complexity index is 401. The lowest BCUT2D eigenvalue weighted by molar-refractivity contribution is 0.149. The van der Waals surface area contributed by atoms with Crippen LogP contribution in [-0.2, 0) is 11.8 Å². The second-order valence-corrected chi connectivity index (χ2v) is 3.30. The van der Waals surface area contributed by atoms with E-state index >= 15 is 0 Å². The third kappa shape index (κ3) is 2.69. The zero-order valence-corrected chi connectivity index (χ0v) is 9.06. The molecule has 80 valence electrons. The molecule has 0 atom stereocenters. The quantitative estimate of drug-likeness (QED) is 0.629. The first-order valence-corrected chi connectivity index (χ1v) is 5.11. The molecule has 0 aliphatic carbocycles. The van der Waals surface area contributed by atoms with Gasteiger partial charge >= 0.3 is 0 Å². The molecule has 2 nitrogen and oxygen atoms in total. The number of alkyl halides is 3. The van der Waals surface area contributed by atoms with Gasteiger partial charge in [-0.1, -0.05) is 15.9 Å². The highest BCUT2D eigenvalue weighted by Crippen LogP contribution is 2.25. The summed E-state index contributed by atoms with van der Waals surface area (Å²) in [4.78, 5) is 3.39. The van der Waals surface area contributed by atoms with Crippen molar-refractivity contribution in [2.45, 2.75) is 18.2 Å². The third-order valence-electron chi connectivity index (χ3n) is 1.79. The average molecular weight is 279 g/mol. The van der Waals surface area contributed by atoms with Crippen LogP contribution in [0.2, 0.25) is 0 Å². The Kier molecular flexibility index (Phi) is 4.09. The Hall–Kier alpha value is -1.09. The molecule has 0 amide bonds. The number of halogens is 4. The summed E-state index contributed by atoms with van der Waals surface area (Å²) in [5.41, 5.74) is -0.472. The highest BCUT2D eigenvalue weighted by atomic mass is 79.9. The van der Waals surface area contributed by atoms with Crippen LogP contribution in [0.1, 0.15) is 23.2 Å². The van der Waals surface area contributed by atoms with Crippen LogP contribution in [0.5, 0.6) is 0 Å². The van der Waals surface area contributed by atoms with Gasteiger partial charge in [0.1, 0.15) is 0 Å². The molecule has 0 N–H and O–H groups in total.